The fraction of sp³-hybridized carbons (Fsp3) is 0.542. The average Bonchev–Trinajstić information content (AvgIpc) is 2.77. The van der Waals surface area contributed by atoms with Crippen molar-refractivity contribution in [3.8, 4) is 0 Å². The zero-order valence-corrected chi connectivity index (χ0v) is 20.9. The lowest BCUT2D eigenvalue weighted by Crippen LogP contribution is -2.56. The van der Waals surface area contributed by atoms with Gasteiger partial charge in [0.15, 0.2) is 0 Å². The van der Waals surface area contributed by atoms with Crippen molar-refractivity contribution >= 4 is 29.6 Å². The van der Waals surface area contributed by atoms with E-state index in [9.17, 15) is 19.6 Å². The van der Waals surface area contributed by atoms with Crippen molar-refractivity contribution in [3.63, 3.8) is 0 Å². The van der Waals surface area contributed by atoms with Crippen LogP contribution in [0.4, 0.5) is 4.79 Å². The molecule has 0 saturated heterocycles. The Bertz CT molecular complexity index is 800. The van der Waals surface area contributed by atoms with Crippen LogP contribution in [0.15, 0.2) is 42.6 Å². The number of thioether (sulfide) groups is 1. The number of hydrogen-bond acceptors (Lipinski definition) is 5. The first-order valence-corrected chi connectivity index (χ1v) is 11.9. The molecular weight excluding hydrogens is 426 g/mol. The summed E-state index contributed by atoms with van der Waals surface area (Å²) in [4.78, 5) is 40.8. The normalized spacial score (nSPS) is 13.8. The van der Waals surface area contributed by atoms with Crippen LogP contribution in [0.1, 0.15) is 53.0 Å². The number of nitrogens with one attached hydrogen (secondary N) is 1. The van der Waals surface area contributed by atoms with Crippen LogP contribution >= 0.6 is 11.8 Å². The zero-order chi connectivity index (χ0) is 24.5. The van der Waals surface area contributed by atoms with Gasteiger partial charge < -0.3 is 5.32 Å². The molecule has 1 aromatic rings. The minimum absolute atomic E-state index is 0.0820. The zero-order valence-electron chi connectivity index (χ0n) is 20.1. The van der Waals surface area contributed by atoms with Crippen LogP contribution < -0.4 is 5.32 Å². The number of carbonyl (C=O) groups excluding carboxylic acids is 3. The molecule has 0 unspecified atom stereocenters. The maximum Gasteiger partial charge on any atom is 0.323 e. The smallest absolute Gasteiger partial charge is 0.323 e. The molecule has 7 nitrogen and oxygen atoms in total. The molecule has 0 bridgehead atoms. The fourth-order valence-electron chi connectivity index (χ4n) is 3.39. The number of hydrogen-bond donors (Lipinski definition) is 2. The molecule has 8 heteroatoms. The molecule has 32 heavy (non-hydrogen) atoms. The molecule has 0 aliphatic carbocycles. The van der Waals surface area contributed by atoms with Crippen molar-refractivity contribution < 1.29 is 19.6 Å². The number of imide groups is 1. The highest BCUT2D eigenvalue weighted by Crippen LogP contribution is 2.41. The minimum atomic E-state index is -1.33. The summed E-state index contributed by atoms with van der Waals surface area (Å²) in [6, 6.07) is 9.11. The van der Waals surface area contributed by atoms with Gasteiger partial charge in [0.25, 0.3) is 5.91 Å². The largest absolute Gasteiger partial charge is 0.341 e. The summed E-state index contributed by atoms with van der Waals surface area (Å²) in [6.07, 6.45) is 0.970. The maximum atomic E-state index is 13.7. The van der Waals surface area contributed by atoms with Crippen LogP contribution in [0.25, 0.3) is 0 Å². The Morgan fingerprint density at radius 3 is 2.28 bits per heavy atom. The minimum Gasteiger partial charge on any atom is -0.341 e. The summed E-state index contributed by atoms with van der Waals surface area (Å²) >= 11 is 1.29. The van der Waals surface area contributed by atoms with Crippen molar-refractivity contribution in [2.45, 2.75) is 58.0 Å². The highest BCUT2D eigenvalue weighted by atomic mass is 32.2. The first-order chi connectivity index (χ1) is 15.0. The van der Waals surface area contributed by atoms with Crippen molar-refractivity contribution in [3.05, 3.63) is 48.2 Å². The third-order valence-electron chi connectivity index (χ3n) is 5.20. The van der Waals surface area contributed by atoms with Gasteiger partial charge in [0.05, 0.1) is 5.92 Å². The number of urea groups is 1. The predicted molar refractivity (Wildman–Crippen MR) is 129 cm³/mol. The van der Waals surface area contributed by atoms with E-state index < -0.39 is 28.5 Å². The maximum absolute atomic E-state index is 13.7. The van der Waals surface area contributed by atoms with E-state index in [1.54, 1.807) is 6.92 Å². The lowest BCUT2D eigenvalue weighted by Gasteiger charge is -2.39. The van der Waals surface area contributed by atoms with Gasteiger partial charge in [-0.2, -0.15) is 5.06 Å². The van der Waals surface area contributed by atoms with Crippen molar-refractivity contribution in [2.75, 3.05) is 13.6 Å². The summed E-state index contributed by atoms with van der Waals surface area (Å²) in [5, 5.41) is 13.5. The Hall–Kier alpha value is -2.32. The van der Waals surface area contributed by atoms with E-state index in [2.05, 4.69) is 11.9 Å². The Morgan fingerprint density at radius 2 is 1.81 bits per heavy atom. The molecule has 1 rings (SSSR count). The predicted octanol–water partition coefficient (Wildman–Crippen LogP) is 4.67. The summed E-state index contributed by atoms with van der Waals surface area (Å²) in [5.41, 5.74) is 1.15. The number of carbonyl (C=O) groups is 3. The Morgan fingerprint density at radius 1 is 1.22 bits per heavy atom. The molecule has 0 radical (unpaired) electrons. The van der Waals surface area contributed by atoms with Gasteiger partial charge in [-0.1, -0.05) is 57.7 Å². The molecule has 4 amide bonds. The third kappa shape index (κ3) is 7.10. The molecule has 0 fully saturated rings. The standard InChI is InChI=1S/C24H37N3O4S/c1-8-14-26(23(30)25-7)21(28)20(15-17(2)3)24(6,22(29)27(31)18(4)5)32-16-19-12-10-9-11-13-19/h9-13,17,20,31H,4,8,14-16H2,1-3,5-7H3,(H,25,30)/t20-,24+/m1/s1. The highest BCUT2D eigenvalue weighted by molar-refractivity contribution is 8.00. The molecule has 178 valence electrons. The molecule has 0 saturated carbocycles. The van der Waals surface area contributed by atoms with E-state index in [1.807, 2.05) is 51.1 Å². The molecule has 2 atom stereocenters. The summed E-state index contributed by atoms with van der Waals surface area (Å²) in [6.45, 7) is 12.9. The number of nitrogens with zero attached hydrogens (tertiary/aromatic N) is 2. The first kappa shape index (κ1) is 27.7. The van der Waals surface area contributed by atoms with Crippen LogP contribution in [0.3, 0.4) is 0 Å². The van der Waals surface area contributed by atoms with Gasteiger partial charge in [0.2, 0.25) is 5.91 Å². The molecule has 0 aromatic heterocycles. The van der Waals surface area contributed by atoms with Gasteiger partial charge in [0.1, 0.15) is 4.75 Å². The van der Waals surface area contributed by atoms with Gasteiger partial charge in [-0.3, -0.25) is 19.7 Å². The van der Waals surface area contributed by atoms with Crippen molar-refractivity contribution in [1.82, 2.24) is 15.3 Å². The van der Waals surface area contributed by atoms with Crippen LogP contribution in [0.5, 0.6) is 0 Å². The molecule has 1 aromatic carbocycles. The van der Waals surface area contributed by atoms with E-state index in [0.29, 0.717) is 23.7 Å². The monoisotopic (exact) mass is 463 g/mol. The molecule has 0 heterocycles. The topological polar surface area (TPSA) is 90.0 Å². The molecule has 0 spiro atoms. The lowest BCUT2D eigenvalue weighted by atomic mass is 9.83. The average molecular weight is 464 g/mol. The molecular formula is C24H37N3O4S. The van der Waals surface area contributed by atoms with Crippen LogP contribution in [0.2, 0.25) is 0 Å². The van der Waals surface area contributed by atoms with Gasteiger partial charge in [-0.15, -0.1) is 11.8 Å². The lowest BCUT2D eigenvalue weighted by molar-refractivity contribution is -0.163. The summed E-state index contributed by atoms with van der Waals surface area (Å²) in [5.74, 6) is -1.34. The van der Waals surface area contributed by atoms with E-state index in [-0.39, 0.29) is 18.2 Å². The number of hydroxylamine groups is 2. The SMILES string of the molecule is C=C(C)N(O)C(=O)[C@@](C)(SCc1ccccc1)[C@H](CC(C)C)C(=O)N(CCC)C(=O)NC. The van der Waals surface area contributed by atoms with Crippen molar-refractivity contribution in [2.24, 2.45) is 11.8 Å². The Balaban J connectivity index is 3.50. The quantitative estimate of drug-likeness (QED) is 0.368. The molecule has 0 aliphatic rings. The number of amides is 4. The Labute approximate surface area is 196 Å². The van der Waals surface area contributed by atoms with E-state index >= 15 is 0 Å². The second kappa shape index (κ2) is 12.6. The van der Waals surface area contributed by atoms with E-state index in [1.165, 1.54) is 30.6 Å². The summed E-state index contributed by atoms with van der Waals surface area (Å²) in [7, 11) is 1.47. The van der Waals surface area contributed by atoms with Gasteiger partial charge in [0, 0.05) is 25.0 Å². The summed E-state index contributed by atoms with van der Waals surface area (Å²) < 4.78 is -1.33. The van der Waals surface area contributed by atoms with Gasteiger partial charge in [-0.25, -0.2) is 4.79 Å². The molecule has 0 aliphatic heterocycles. The second-order valence-corrected chi connectivity index (χ2v) is 9.89. The van der Waals surface area contributed by atoms with Crippen LogP contribution in [-0.2, 0) is 15.3 Å². The first-order valence-electron chi connectivity index (χ1n) is 10.9. The second-order valence-electron chi connectivity index (χ2n) is 8.46. The Kier molecular flexibility index (Phi) is 11.0. The van der Waals surface area contributed by atoms with E-state index in [4.69, 9.17) is 0 Å². The van der Waals surface area contributed by atoms with Gasteiger partial charge >= 0.3 is 6.03 Å². The fourth-order valence-corrected chi connectivity index (χ4v) is 4.66. The molecule has 2 N–H and O–H groups in total. The number of benzene rings is 1. The van der Waals surface area contributed by atoms with Crippen LogP contribution in [-0.4, -0.2) is 51.4 Å². The van der Waals surface area contributed by atoms with Crippen molar-refractivity contribution in [1.29, 1.82) is 0 Å². The highest BCUT2D eigenvalue weighted by Gasteiger charge is 2.49. The van der Waals surface area contributed by atoms with E-state index in [0.717, 1.165) is 5.56 Å². The van der Waals surface area contributed by atoms with Crippen LogP contribution in [0, 0.1) is 11.8 Å². The van der Waals surface area contributed by atoms with Gasteiger partial charge in [-0.05, 0) is 38.2 Å². The number of allylic oxidation sites excluding steroid dienone is 1. The number of rotatable bonds is 11. The third-order valence-corrected chi connectivity index (χ3v) is 6.74.